The molecule has 1 saturated heterocycles. The molecule has 0 amide bonds. The Labute approximate surface area is 177 Å². The second kappa shape index (κ2) is 8.11. The first-order chi connectivity index (χ1) is 14.8. The molecule has 5 nitrogen and oxygen atoms in total. The molecule has 1 aliphatic rings. The fourth-order valence-electron chi connectivity index (χ4n) is 4.09. The third-order valence-electron chi connectivity index (χ3n) is 5.76. The van der Waals surface area contributed by atoms with Crippen molar-refractivity contribution >= 4 is 22.4 Å². The monoisotopic (exact) mass is 395 g/mol. The lowest BCUT2D eigenvalue weighted by Crippen LogP contribution is -2.47. The van der Waals surface area contributed by atoms with E-state index in [-0.39, 0.29) is 0 Å². The molecule has 0 bridgehead atoms. The van der Waals surface area contributed by atoms with Gasteiger partial charge < -0.3 is 9.80 Å². The van der Waals surface area contributed by atoms with Gasteiger partial charge in [-0.3, -0.25) is 0 Å². The van der Waals surface area contributed by atoms with E-state index in [4.69, 9.17) is 0 Å². The number of hydrogen-bond donors (Lipinski definition) is 0. The van der Waals surface area contributed by atoms with Gasteiger partial charge in [-0.05, 0) is 24.1 Å². The number of aromatic nitrogens is 3. The molecular formula is C25H25N5. The van der Waals surface area contributed by atoms with Gasteiger partial charge in [0.25, 0.3) is 0 Å². The van der Waals surface area contributed by atoms with Crippen LogP contribution in [0.25, 0.3) is 10.8 Å². The maximum atomic E-state index is 4.68. The average molecular weight is 396 g/mol. The normalized spacial score (nSPS) is 14.3. The van der Waals surface area contributed by atoms with Crippen molar-refractivity contribution < 1.29 is 0 Å². The minimum absolute atomic E-state index is 0.793. The first-order valence-corrected chi connectivity index (χ1v) is 10.5. The quantitative estimate of drug-likeness (QED) is 0.517. The molecule has 5 rings (SSSR count). The molecule has 0 spiro atoms. The summed E-state index contributed by atoms with van der Waals surface area (Å²) in [5.41, 5.74) is 3.47. The summed E-state index contributed by atoms with van der Waals surface area (Å²) in [7, 11) is 0. The van der Waals surface area contributed by atoms with Crippen LogP contribution in [0.1, 0.15) is 16.8 Å². The molecule has 0 unspecified atom stereocenters. The molecule has 150 valence electrons. The second-order valence-corrected chi connectivity index (χ2v) is 7.85. The number of nitrogens with zero attached hydrogens (tertiary/aromatic N) is 5. The topological polar surface area (TPSA) is 45.2 Å². The van der Waals surface area contributed by atoms with Crippen molar-refractivity contribution in [1.82, 2.24) is 15.2 Å². The lowest BCUT2D eigenvalue weighted by molar-refractivity contribution is 0.639. The number of rotatable bonds is 4. The van der Waals surface area contributed by atoms with Crippen LogP contribution in [-0.4, -0.2) is 41.4 Å². The van der Waals surface area contributed by atoms with Crippen LogP contribution in [-0.2, 0) is 6.42 Å². The van der Waals surface area contributed by atoms with Gasteiger partial charge in [0.15, 0.2) is 5.82 Å². The molecule has 0 saturated carbocycles. The Morgan fingerprint density at radius 2 is 1.43 bits per heavy atom. The van der Waals surface area contributed by atoms with Crippen molar-refractivity contribution in [3.05, 3.63) is 89.7 Å². The summed E-state index contributed by atoms with van der Waals surface area (Å²) in [5.74, 6) is 2.04. The summed E-state index contributed by atoms with van der Waals surface area (Å²) >= 11 is 0. The molecule has 2 aromatic heterocycles. The van der Waals surface area contributed by atoms with Gasteiger partial charge in [-0.15, -0.1) is 5.10 Å². The number of piperazine rings is 1. The maximum absolute atomic E-state index is 4.68. The number of pyridine rings is 1. The predicted molar refractivity (Wildman–Crippen MR) is 122 cm³/mol. The van der Waals surface area contributed by atoms with E-state index in [0.717, 1.165) is 49.9 Å². The summed E-state index contributed by atoms with van der Waals surface area (Å²) in [5, 5.41) is 11.7. The second-order valence-electron chi connectivity index (χ2n) is 7.85. The van der Waals surface area contributed by atoms with E-state index < -0.39 is 0 Å². The number of anilines is 2. The van der Waals surface area contributed by atoms with Gasteiger partial charge in [0, 0.05) is 49.6 Å². The van der Waals surface area contributed by atoms with Crippen LogP contribution in [0, 0.1) is 6.92 Å². The average Bonchev–Trinajstić information content (AvgIpc) is 2.81. The van der Waals surface area contributed by atoms with Crippen LogP contribution >= 0.6 is 0 Å². The van der Waals surface area contributed by atoms with Gasteiger partial charge in [0.2, 0.25) is 0 Å². The molecule has 0 N–H and O–H groups in total. The zero-order chi connectivity index (χ0) is 20.3. The van der Waals surface area contributed by atoms with Crippen LogP contribution < -0.4 is 9.80 Å². The molecular weight excluding hydrogens is 370 g/mol. The van der Waals surface area contributed by atoms with E-state index in [2.05, 4.69) is 92.6 Å². The highest BCUT2D eigenvalue weighted by atomic mass is 15.3. The van der Waals surface area contributed by atoms with E-state index in [9.17, 15) is 0 Å². The standard InChI is InChI=1S/C25H25N5/c1-19-11-12-24(26-18-19)29-13-15-30(16-14-29)25-22-10-6-5-9-21(22)23(27-28-25)17-20-7-3-2-4-8-20/h2-12,18H,13-17H2,1H3. The summed E-state index contributed by atoms with van der Waals surface area (Å²) in [6.07, 6.45) is 2.73. The first-order valence-electron chi connectivity index (χ1n) is 10.5. The van der Waals surface area contributed by atoms with Gasteiger partial charge in [-0.1, -0.05) is 60.7 Å². The molecule has 5 heteroatoms. The highest BCUT2D eigenvalue weighted by Crippen LogP contribution is 2.28. The molecule has 1 fully saturated rings. The van der Waals surface area contributed by atoms with Crippen molar-refractivity contribution in [3.63, 3.8) is 0 Å². The SMILES string of the molecule is Cc1ccc(N2CCN(c3nnc(Cc4ccccc4)c4ccccc34)CC2)nc1. The summed E-state index contributed by atoms with van der Waals surface area (Å²) in [6.45, 7) is 5.74. The zero-order valence-electron chi connectivity index (χ0n) is 17.2. The molecule has 0 atom stereocenters. The lowest BCUT2D eigenvalue weighted by atomic mass is 10.0. The highest BCUT2D eigenvalue weighted by Gasteiger charge is 2.21. The third kappa shape index (κ3) is 3.71. The third-order valence-corrected chi connectivity index (χ3v) is 5.76. The van der Waals surface area contributed by atoms with Crippen molar-refractivity contribution in [2.45, 2.75) is 13.3 Å². The zero-order valence-corrected chi connectivity index (χ0v) is 17.2. The Balaban J connectivity index is 1.39. The largest absolute Gasteiger partial charge is 0.353 e. The Kier molecular flexibility index (Phi) is 5.01. The molecule has 0 radical (unpaired) electrons. The Morgan fingerprint density at radius 1 is 0.733 bits per heavy atom. The molecule has 0 aliphatic carbocycles. The molecule has 30 heavy (non-hydrogen) atoms. The van der Waals surface area contributed by atoms with E-state index in [1.807, 2.05) is 12.3 Å². The van der Waals surface area contributed by atoms with Crippen molar-refractivity contribution in [2.24, 2.45) is 0 Å². The Morgan fingerprint density at radius 3 is 2.17 bits per heavy atom. The van der Waals surface area contributed by atoms with Gasteiger partial charge in [0.1, 0.15) is 5.82 Å². The van der Waals surface area contributed by atoms with Crippen molar-refractivity contribution in [3.8, 4) is 0 Å². The minimum Gasteiger partial charge on any atom is -0.353 e. The van der Waals surface area contributed by atoms with E-state index in [1.165, 1.54) is 21.9 Å². The predicted octanol–water partition coefficient (Wildman–Crippen LogP) is 4.25. The smallest absolute Gasteiger partial charge is 0.159 e. The fourth-order valence-corrected chi connectivity index (χ4v) is 4.09. The van der Waals surface area contributed by atoms with Crippen LogP contribution in [0.4, 0.5) is 11.6 Å². The first kappa shape index (κ1) is 18.6. The Hall–Kier alpha value is -3.47. The van der Waals surface area contributed by atoms with Crippen molar-refractivity contribution in [1.29, 1.82) is 0 Å². The summed E-state index contributed by atoms with van der Waals surface area (Å²) in [4.78, 5) is 9.28. The number of benzene rings is 2. The van der Waals surface area contributed by atoms with Crippen LogP contribution in [0.15, 0.2) is 72.9 Å². The van der Waals surface area contributed by atoms with Gasteiger partial charge in [-0.25, -0.2) is 4.98 Å². The van der Waals surface area contributed by atoms with Crippen LogP contribution in [0.3, 0.4) is 0 Å². The van der Waals surface area contributed by atoms with E-state index in [0.29, 0.717) is 0 Å². The van der Waals surface area contributed by atoms with Crippen molar-refractivity contribution in [2.75, 3.05) is 36.0 Å². The lowest BCUT2D eigenvalue weighted by Gasteiger charge is -2.36. The summed E-state index contributed by atoms with van der Waals surface area (Å²) in [6, 6.07) is 23.2. The van der Waals surface area contributed by atoms with Gasteiger partial charge in [-0.2, -0.15) is 5.10 Å². The maximum Gasteiger partial charge on any atom is 0.159 e. The summed E-state index contributed by atoms with van der Waals surface area (Å²) < 4.78 is 0. The molecule has 4 aromatic rings. The molecule has 1 aliphatic heterocycles. The van der Waals surface area contributed by atoms with Gasteiger partial charge in [0.05, 0.1) is 5.69 Å². The van der Waals surface area contributed by atoms with E-state index >= 15 is 0 Å². The minimum atomic E-state index is 0.793. The molecule has 2 aromatic carbocycles. The van der Waals surface area contributed by atoms with Crippen LogP contribution in [0.5, 0.6) is 0 Å². The fraction of sp³-hybridized carbons (Fsp3) is 0.240. The number of aryl methyl sites for hydroxylation is 1. The number of hydrogen-bond acceptors (Lipinski definition) is 5. The van der Waals surface area contributed by atoms with Crippen LogP contribution in [0.2, 0.25) is 0 Å². The highest BCUT2D eigenvalue weighted by molar-refractivity contribution is 5.93. The van der Waals surface area contributed by atoms with E-state index in [1.54, 1.807) is 0 Å². The Bertz CT molecular complexity index is 1130. The number of fused-ring (bicyclic) bond motifs is 1. The van der Waals surface area contributed by atoms with Gasteiger partial charge >= 0.3 is 0 Å². The molecule has 3 heterocycles.